The number of ether oxygens (including phenoxy) is 1. The number of thiazole rings is 1. The molecule has 1 saturated heterocycles. The summed E-state index contributed by atoms with van der Waals surface area (Å²) in [6.45, 7) is 7.80. The lowest BCUT2D eigenvalue weighted by Gasteiger charge is -2.28. The Hall–Kier alpha value is -2.12. The first-order chi connectivity index (χ1) is 13.7. The molecule has 0 spiro atoms. The first kappa shape index (κ1) is 17.9. The maximum atomic E-state index is 12.1. The molecule has 3 aliphatic heterocycles. The summed E-state index contributed by atoms with van der Waals surface area (Å²) in [5.74, 6) is 1.10. The quantitative estimate of drug-likeness (QED) is 0.861. The Morgan fingerprint density at radius 2 is 2.14 bits per heavy atom. The van der Waals surface area contributed by atoms with E-state index in [0.717, 1.165) is 73.5 Å². The number of amides is 1. The number of carbonyl (C=O) groups excluding carboxylic acids is 1. The molecule has 1 N–H and O–H groups in total. The van der Waals surface area contributed by atoms with Gasteiger partial charge in [0.1, 0.15) is 10.6 Å². The second-order valence-corrected chi connectivity index (χ2v) is 8.77. The second kappa shape index (κ2) is 7.37. The Morgan fingerprint density at radius 3 is 3.04 bits per heavy atom. The zero-order valence-electron chi connectivity index (χ0n) is 16.2. The standard InChI is InChI=1S/C21H26N4O2S/c1-14(16-4-3-15-6-12-27-18(15)13-16)24-8-2-9-25(11-10-24)21-23-17-5-7-22-20(26)19(17)28-21/h3-4,13-14H,2,5-12H2,1H3,(H,22,26). The molecule has 3 aliphatic rings. The Labute approximate surface area is 169 Å². The Kier molecular flexibility index (Phi) is 4.72. The number of hydrogen-bond donors (Lipinski definition) is 1. The van der Waals surface area contributed by atoms with Gasteiger partial charge in [0.05, 0.1) is 12.3 Å². The van der Waals surface area contributed by atoms with Crippen LogP contribution in [-0.4, -0.2) is 55.1 Å². The fourth-order valence-electron chi connectivity index (χ4n) is 4.37. The number of nitrogens with one attached hydrogen (secondary N) is 1. The molecule has 0 saturated carbocycles. The molecular weight excluding hydrogens is 372 g/mol. The molecule has 1 aromatic heterocycles. The predicted molar refractivity (Wildman–Crippen MR) is 111 cm³/mol. The third-order valence-corrected chi connectivity index (χ3v) is 7.25. The molecular formula is C21H26N4O2S. The zero-order valence-corrected chi connectivity index (χ0v) is 17.1. The predicted octanol–water partition coefficient (Wildman–Crippen LogP) is 2.64. The number of carbonyl (C=O) groups is 1. The van der Waals surface area contributed by atoms with Gasteiger partial charge >= 0.3 is 0 Å². The summed E-state index contributed by atoms with van der Waals surface area (Å²) in [6, 6.07) is 7.07. The van der Waals surface area contributed by atoms with Gasteiger partial charge in [0.2, 0.25) is 0 Å². The van der Waals surface area contributed by atoms with Crippen molar-refractivity contribution in [2.75, 3.05) is 44.2 Å². The molecule has 1 amide bonds. The summed E-state index contributed by atoms with van der Waals surface area (Å²) >= 11 is 1.55. The van der Waals surface area contributed by atoms with Crippen LogP contribution in [0.25, 0.3) is 0 Å². The van der Waals surface area contributed by atoms with Crippen molar-refractivity contribution < 1.29 is 9.53 Å². The van der Waals surface area contributed by atoms with Crippen LogP contribution in [0.3, 0.4) is 0 Å². The smallest absolute Gasteiger partial charge is 0.263 e. The van der Waals surface area contributed by atoms with E-state index >= 15 is 0 Å². The summed E-state index contributed by atoms with van der Waals surface area (Å²) in [6.07, 6.45) is 2.97. The average Bonchev–Trinajstić information content (AvgIpc) is 3.28. The van der Waals surface area contributed by atoms with E-state index in [1.54, 1.807) is 11.3 Å². The number of aromatic nitrogens is 1. The number of rotatable bonds is 3. The highest BCUT2D eigenvalue weighted by molar-refractivity contribution is 7.17. The zero-order chi connectivity index (χ0) is 19.1. The van der Waals surface area contributed by atoms with Crippen LogP contribution in [0.4, 0.5) is 5.13 Å². The van der Waals surface area contributed by atoms with Crippen molar-refractivity contribution in [2.24, 2.45) is 0 Å². The maximum absolute atomic E-state index is 12.1. The number of fused-ring (bicyclic) bond motifs is 2. The minimum atomic E-state index is 0.0360. The number of hydrogen-bond acceptors (Lipinski definition) is 6. The van der Waals surface area contributed by atoms with E-state index < -0.39 is 0 Å². The lowest BCUT2D eigenvalue weighted by atomic mass is 10.0. The van der Waals surface area contributed by atoms with E-state index in [9.17, 15) is 4.79 Å². The highest BCUT2D eigenvalue weighted by Crippen LogP contribution is 2.32. The molecule has 0 aliphatic carbocycles. The molecule has 0 radical (unpaired) electrons. The molecule has 1 atom stereocenters. The lowest BCUT2D eigenvalue weighted by Crippen LogP contribution is -2.32. The van der Waals surface area contributed by atoms with Gasteiger partial charge in [-0.05, 0) is 30.5 Å². The molecule has 4 heterocycles. The van der Waals surface area contributed by atoms with Crippen LogP contribution in [-0.2, 0) is 12.8 Å². The van der Waals surface area contributed by atoms with E-state index in [0.29, 0.717) is 12.6 Å². The van der Waals surface area contributed by atoms with Crippen LogP contribution in [0.5, 0.6) is 5.75 Å². The Morgan fingerprint density at radius 1 is 1.21 bits per heavy atom. The molecule has 1 unspecified atom stereocenters. The topological polar surface area (TPSA) is 57.7 Å². The lowest BCUT2D eigenvalue weighted by molar-refractivity contribution is 0.0950. The molecule has 1 aromatic carbocycles. The molecule has 1 fully saturated rings. The summed E-state index contributed by atoms with van der Waals surface area (Å²) in [7, 11) is 0. The first-order valence-electron chi connectivity index (χ1n) is 10.2. The van der Waals surface area contributed by atoms with Crippen molar-refractivity contribution in [2.45, 2.75) is 32.2 Å². The van der Waals surface area contributed by atoms with Crippen LogP contribution in [0.1, 0.15) is 45.9 Å². The summed E-state index contributed by atoms with van der Waals surface area (Å²) in [5, 5.41) is 3.92. The third-order valence-electron chi connectivity index (χ3n) is 6.09. The maximum Gasteiger partial charge on any atom is 0.263 e. The van der Waals surface area contributed by atoms with Crippen molar-refractivity contribution in [3.63, 3.8) is 0 Å². The van der Waals surface area contributed by atoms with E-state index in [-0.39, 0.29) is 5.91 Å². The van der Waals surface area contributed by atoms with Crippen LogP contribution in [0.15, 0.2) is 18.2 Å². The molecule has 7 heteroatoms. The SMILES string of the molecule is CC(c1ccc2c(c1)OCC2)N1CCCN(c2nc3c(s2)C(=O)NCC3)CC1. The summed E-state index contributed by atoms with van der Waals surface area (Å²) in [4.78, 5) is 22.5. The molecule has 5 rings (SSSR count). The van der Waals surface area contributed by atoms with Gasteiger partial charge in [-0.25, -0.2) is 4.98 Å². The van der Waals surface area contributed by atoms with E-state index in [2.05, 4.69) is 40.2 Å². The average molecular weight is 399 g/mol. The van der Waals surface area contributed by atoms with Gasteiger partial charge in [-0.2, -0.15) is 0 Å². The van der Waals surface area contributed by atoms with E-state index in [1.165, 1.54) is 11.1 Å². The van der Waals surface area contributed by atoms with Crippen molar-refractivity contribution in [1.29, 1.82) is 0 Å². The van der Waals surface area contributed by atoms with Crippen LogP contribution < -0.4 is 15.0 Å². The van der Waals surface area contributed by atoms with E-state index in [4.69, 9.17) is 9.72 Å². The Balaban J connectivity index is 1.28. The van der Waals surface area contributed by atoms with E-state index in [1.807, 2.05) is 0 Å². The molecule has 2 aromatic rings. The fraction of sp³-hybridized carbons (Fsp3) is 0.524. The molecule has 148 valence electrons. The summed E-state index contributed by atoms with van der Waals surface area (Å²) < 4.78 is 5.76. The number of anilines is 1. The van der Waals surface area contributed by atoms with Crippen molar-refractivity contribution in [1.82, 2.24) is 15.2 Å². The fourth-order valence-corrected chi connectivity index (χ4v) is 5.45. The van der Waals surface area contributed by atoms with Gasteiger partial charge in [-0.15, -0.1) is 0 Å². The largest absolute Gasteiger partial charge is 0.493 e. The van der Waals surface area contributed by atoms with Crippen LogP contribution in [0, 0.1) is 0 Å². The van der Waals surface area contributed by atoms with Gasteiger partial charge in [0.15, 0.2) is 5.13 Å². The van der Waals surface area contributed by atoms with Crippen LogP contribution in [0.2, 0.25) is 0 Å². The molecule has 28 heavy (non-hydrogen) atoms. The van der Waals surface area contributed by atoms with Gasteiger partial charge in [-0.3, -0.25) is 9.69 Å². The number of benzene rings is 1. The highest BCUT2D eigenvalue weighted by Gasteiger charge is 2.27. The number of nitrogens with zero attached hydrogens (tertiary/aromatic N) is 3. The van der Waals surface area contributed by atoms with Crippen LogP contribution >= 0.6 is 11.3 Å². The monoisotopic (exact) mass is 398 g/mol. The Bertz CT molecular complexity index is 897. The van der Waals surface area contributed by atoms with Crippen molar-refractivity contribution in [3.05, 3.63) is 39.9 Å². The summed E-state index contributed by atoms with van der Waals surface area (Å²) in [5.41, 5.74) is 3.63. The molecule has 6 nitrogen and oxygen atoms in total. The van der Waals surface area contributed by atoms with Gasteiger partial charge in [0.25, 0.3) is 5.91 Å². The first-order valence-corrected chi connectivity index (χ1v) is 11.0. The highest BCUT2D eigenvalue weighted by atomic mass is 32.1. The minimum absolute atomic E-state index is 0.0360. The minimum Gasteiger partial charge on any atom is -0.493 e. The third kappa shape index (κ3) is 3.26. The van der Waals surface area contributed by atoms with Crippen molar-refractivity contribution >= 4 is 22.4 Å². The van der Waals surface area contributed by atoms with Gasteiger partial charge in [-0.1, -0.05) is 23.5 Å². The molecule has 0 bridgehead atoms. The second-order valence-electron chi connectivity index (χ2n) is 7.80. The van der Waals surface area contributed by atoms with Crippen molar-refractivity contribution in [3.8, 4) is 5.75 Å². The van der Waals surface area contributed by atoms with Gasteiger partial charge in [0, 0.05) is 51.6 Å². The van der Waals surface area contributed by atoms with Gasteiger partial charge < -0.3 is 15.0 Å². The normalized spacial score (nSPS) is 20.8.